The fourth-order valence-electron chi connectivity index (χ4n) is 3.05. The van der Waals surface area contributed by atoms with Crippen molar-refractivity contribution in [3.63, 3.8) is 0 Å². The monoisotopic (exact) mass is 290 g/mol. The van der Waals surface area contributed by atoms with E-state index in [0.29, 0.717) is 36.7 Å². The van der Waals surface area contributed by atoms with Gasteiger partial charge >= 0.3 is 0 Å². The molecule has 1 fully saturated rings. The summed E-state index contributed by atoms with van der Waals surface area (Å²) >= 11 is 0. The molecular formula is C14H18N4O3. The van der Waals surface area contributed by atoms with Gasteiger partial charge in [0.25, 0.3) is 5.69 Å². The Morgan fingerprint density at radius 2 is 2.24 bits per heavy atom. The van der Waals surface area contributed by atoms with Gasteiger partial charge in [0.1, 0.15) is 5.69 Å². The standard InChI is InChI=1S/C14H18N4O3/c15-7-9-3-4-17(8-9)12-5-10-1-2-14(19)16-11(10)6-13(12)18(20)21/h5-6,9H,1-4,7-8,15H2,(H,16,19). The third kappa shape index (κ3) is 2.56. The van der Waals surface area contributed by atoms with Crippen molar-refractivity contribution < 1.29 is 9.72 Å². The molecule has 0 aliphatic carbocycles. The van der Waals surface area contributed by atoms with E-state index in [9.17, 15) is 14.9 Å². The molecule has 3 rings (SSSR count). The highest BCUT2D eigenvalue weighted by atomic mass is 16.6. The van der Waals surface area contributed by atoms with Crippen molar-refractivity contribution >= 4 is 23.0 Å². The Morgan fingerprint density at radius 1 is 1.43 bits per heavy atom. The second-order valence-corrected chi connectivity index (χ2v) is 5.64. The lowest BCUT2D eigenvalue weighted by Gasteiger charge is -2.23. The molecule has 3 N–H and O–H groups in total. The molecule has 7 nitrogen and oxygen atoms in total. The lowest BCUT2D eigenvalue weighted by atomic mass is 10.0. The van der Waals surface area contributed by atoms with Crippen molar-refractivity contribution in [3.8, 4) is 0 Å². The number of nitrogens with one attached hydrogen (secondary N) is 1. The number of nitrogens with two attached hydrogens (primary N) is 1. The molecule has 112 valence electrons. The summed E-state index contributed by atoms with van der Waals surface area (Å²) in [7, 11) is 0. The van der Waals surface area contributed by atoms with Crippen LogP contribution in [0.2, 0.25) is 0 Å². The summed E-state index contributed by atoms with van der Waals surface area (Å²) in [5.41, 5.74) is 7.91. The second-order valence-electron chi connectivity index (χ2n) is 5.64. The number of hydrogen-bond donors (Lipinski definition) is 2. The first-order valence-corrected chi connectivity index (χ1v) is 7.14. The van der Waals surface area contributed by atoms with Crippen molar-refractivity contribution in [3.05, 3.63) is 27.8 Å². The van der Waals surface area contributed by atoms with Crippen LogP contribution in [0.25, 0.3) is 0 Å². The van der Waals surface area contributed by atoms with Crippen LogP contribution in [0, 0.1) is 16.0 Å². The van der Waals surface area contributed by atoms with Gasteiger partial charge in [-0.05, 0) is 36.9 Å². The Balaban J connectivity index is 1.99. The van der Waals surface area contributed by atoms with E-state index < -0.39 is 0 Å². The molecule has 21 heavy (non-hydrogen) atoms. The third-order valence-corrected chi connectivity index (χ3v) is 4.25. The molecule has 1 aromatic rings. The summed E-state index contributed by atoms with van der Waals surface area (Å²) in [5, 5.41) is 14.0. The summed E-state index contributed by atoms with van der Waals surface area (Å²) < 4.78 is 0. The first kappa shape index (κ1) is 13.8. The summed E-state index contributed by atoms with van der Waals surface area (Å²) in [4.78, 5) is 24.4. The summed E-state index contributed by atoms with van der Waals surface area (Å²) in [5.74, 6) is 0.300. The molecule has 2 heterocycles. The highest BCUT2D eigenvalue weighted by Crippen LogP contribution is 2.38. The van der Waals surface area contributed by atoms with Gasteiger partial charge in [-0.3, -0.25) is 14.9 Å². The van der Waals surface area contributed by atoms with Crippen molar-refractivity contribution in [1.82, 2.24) is 0 Å². The molecule has 1 aromatic carbocycles. The molecule has 1 amide bonds. The van der Waals surface area contributed by atoms with Gasteiger partial charge in [-0.1, -0.05) is 0 Å². The van der Waals surface area contributed by atoms with Crippen LogP contribution in [-0.4, -0.2) is 30.5 Å². The Bertz CT molecular complexity index is 602. The number of nitro benzene ring substituents is 1. The van der Waals surface area contributed by atoms with Crippen LogP contribution in [0.5, 0.6) is 0 Å². The van der Waals surface area contributed by atoms with Crippen molar-refractivity contribution in [2.45, 2.75) is 19.3 Å². The summed E-state index contributed by atoms with van der Waals surface area (Å²) in [6.45, 7) is 2.14. The SMILES string of the molecule is NCC1CCN(c2cc3c(cc2[N+](=O)[O-])NC(=O)CC3)C1. The van der Waals surface area contributed by atoms with Crippen LogP contribution in [0.4, 0.5) is 17.1 Å². The van der Waals surface area contributed by atoms with E-state index in [0.717, 1.165) is 25.1 Å². The first-order chi connectivity index (χ1) is 10.1. The molecule has 2 aliphatic rings. The fourth-order valence-corrected chi connectivity index (χ4v) is 3.05. The normalized spacial score (nSPS) is 21.1. The number of nitro groups is 1. The molecule has 0 saturated carbocycles. The molecule has 0 bridgehead atoms. The Labute approximate surface area is 122 Å². The molecular weight excluding hydrogens is 272 g/mol. The zero-order chi connectivity index (χ0) is 15.0. The maximum absolute atomic E-state index is 11.4. The number of amides is 1. The van der Waals surface area contributed by atoms with Gasteiger partial charge in [-0.2, -0.15) is 0 Å². The van der Waals surface area contributed by atoms with Crippen molar-refractivity contribution in [2.75, 3.05) is 29.9 Å². The zero-order valence-electron chi connectivity index (χ0n) is 11.7. The fraction of sp³-hybridized carbons (Fsp3) is 0.500. The van der Waals surface area contributed by atoms with Crippen LogP contribution >= 0.6 is 0 Å². The number of carbonyl (C=O) groups excluding carboxylic acids is 1. The van der Waals surface area contributed by atoms with E-state index in [1.807, 2.05) is 11.0 Å². The highest BCUT2D eigenvalue weighted by molar-refractivity contribution is 5.95. The predicted octanol–water partition coefficient (Wildman–Crippen LogP) is 1.26. The van der Waals surface area contributed by atoms with E-state index in [1.165, 1.54) is 6.07 Å². The highest BCUT2D eigenvalue weighted by Gasteiger charge is 2.29. The summed E-state index contributed by atoms with van der Waals surface area (Å²) in [6.07, 6.45) is 2.01. The third-order valence-electron chi connectivity index (χ3n) is 4.25. The Hall–Kier alpha value is -2.15. The van der Waals surface area contributed by atoms with Gasteiger partial charge in [0.15, 0.2) is 0 Å². The van der Waals surface area contributed by atoms with Gasteiger partial charge < -0.3 is 16.0 Å². The maximum Gasteiger partial charge on any atom is 0.294 e. The van der Waals surface area contributed by atoms with E-state index in [4.69, 9.17) is 5.73 Å². The lowest BCUT2D eigenvalue weighted by molar-refractivity contribution is -0.384. The molecule has 1 unspecified atom stereocenters. The molecule has 0 radical (unpaired) electrons. The van der Waals surface area contributed by atoms with Crippen LogP contribution in [0.1, 0.15) is 18.4 Å². The zero-order valence-corrected chi connectivity index (χ0v) is 11.7. The van der Waals surface area contributed by atoms with E-state index >= 15 is 0 Å². The van der Waals surface area contributed by atoms with E-state index in [-0.39, 0.29) is 16.5 Å². The van der Waals surface area contributed by atoms with E-state index in [2.05, 4.69) is 5.32 Å². The van der Waals surface area contributed by atoms with Gasteiger partial charge in [0.05, 0.1) is 10.6 Å². The van der Waals surface area contributed by atoms with Crippen molar-refractivity contribution in [1.29, 1.82) is 0 Å². The van der Waals surface area contributed by atoms with Crippen LogP contribution in [0.3, 0.4) is 0 Å². The number of rotatable bonds is 3. The lowest BCUT2D eigenvalue weighted by Crippen LogP contribution is -2.25. The van der Waals surface area contributed by atoms with Crippen LogP contribution in [-0.2, 0) is 11.2 Å². The average molecular weight is 290 g/mol. The topological polar surface area (TPSA) is 102 Å². The number of benzene rings is 1. The number of hydrogen-bond acceptors (Lipinski definition) is 5. The molecule has 7 heteroatoms. The Morgan fingerprint density at radius 3 is 2.90 bits per heavy atom. The molecule has 0 aromatic heterocycles. The first-order valence-electron chi connectivity index (χ1n) is 7.14. The average Bonchev–Trinajstić information content (AvgIpc) is 2.94. The van der Waals surface area contributed by atoms with Crippen molar-refractivity contribution in [2.24, 2.45) is 11.7 Å². The number of aryl methyl sites for hydroxylation is 1. The predicted molar refractivity (Wildman–Crippen MR) is 79.4 cm³/mol. The Kier molecular flexibility index (Phi) is 3.50. The van der Waals surface area contributed by atoms with Crippen LogP contribution < -0.4 is 16.0 Å². The maximum atomic E-state index is 11.4. The number of nitrogens with zero attached hydrogens (tertiary/aromatic N) is 2. The van der Waals surface area contributed by atoms with E-state index in [1.54, 1.807) is 0 Å². The van der Waals surface area contributed by atoms with Gasteiger partial charge in [-0.15, -0.1) is 0 Å². The van der Waals surface area contributed by atoms with Gasteiger partial charge in [0, 0.05) is 25.6 Å². The minimum Gasteiger partial charge on any atom is -0.366 e. The minimum absolute atomic E-state index is 0.0496. The number of carbonyl (C=O) groups is 1. The number of anilines is 2. The number of fused-ring (bicyclic) bond motifs is 1. The smallest absolute Gasteiger partial charge is 0.294 e. The van der Waals surface area contributed by atoms with Crippen LogP contribution in [0.15, 0.2) is 12.1 Å². The molecule has 0 spiro atoms. The molecule has 1 atom stereocenters. The van der Waals surface area contributed by atoms with Gasteiger partial charge in [0.2, 0.25) is 5.91 Å². The molecule has 1 saturated heterocycles. The second kappa shape index (κ2) is 5.33. The minimum atomic E-state index is -0.383. The summed E-state index contributed by atoms with van der Waals surface area (Å²) in [6, 6.07) is 3.34. The quantitative estimate of drug-likeness (QED) is 0.644. The van der Waals surface area contributed by atoms with Gasteiger partial charge in [-0.25, -0.2) is 0 Å². The largest absolute Gasteiger partial charge is 0.366 e. The molecule has 2 aliphatic heterocycles.